The van der Waals surface area contributed by atoms with Crippen molar-refractivity contribution in [3.05, 3.63) is 0 Å². The van der Waals surface area contributed by atoms with Crippen molar-refractivity contribution in [1.29, 1.82) is 0 Å². The molecule has 1 atom stereocenters. The van der Waals surface area contributed by atoms with Crippen molar-refractivity contribution in [3.8, 4) is 0 Å². The topological polar surface area (TPSA) is 20.2 Å². The molecular weight excluding hydrogens is 136 g/mol. The summed E-state index contributed by atoms with van der Waals surface area (Å²) in [6, 6.07) is 0. The summed E-state index contributed by atoms with van der Waals surface area (Å²) in [5.74, 6) is 1.82. The highest BCUT2D eigenvalue weighted by molar-refractivity contribution is 4.80. The molecule has 0 aliphatic heterocycles. The third kappa shape index (κ3) is 3.76. The molecule has 1 nitrogen and oxygen atoms in total. The van der Waals surface area contributed by atoms with Crippen molar-refractivity contribution < 1.29 is 5.11 Å². The summed E-state index contributed by atoms with van der Waals surface area (Å²) in [7, 11) is 0. The number of hydrogen-bond donors (Lipinski definition) is 1. The second-order valence-electron chi connectivity index (χ2n) is 4.67. The van der Waals surface area contributed by atoms with E-state index in [4.69, 9.17) is 0 Å². The van der Waals surface area contributed by atoms with Gasteiger partial charge in [-0.2, -0.15) is 0 Å². The van der Waals surface area contributed by atoms with Gasteiger partial charge in [-0.15, -0.1) is 0 Å². The molecule has 0 spiro atoms. The van der Waals surface area contributed by atoms with Crippen LogP contribution in [0.2, 0.25) is 0 Å². The molecule has 1 saturated carbocycles. The van der Waals surface area contributed by atoms with Gasteiger partial charge in [0.15, 0.2) is 0 Å². The molecule has 0 aromatic heterocycles. The maximum atomic E-state index is 9.47. The van der Waals surface area contributed by atoms with Gasteiger partial charge in [0.1, 0.15) is 0 Å². The van der Waals surface area contributed by atoms with E-state index in [1.807, 2.05) is 13.8 Å². The summed E-state index contributed by atoms with van der Waals surface area (Å²) in [5.41, 5.74) is -0.455. The van der Waals surface area contributed by atoms with Crippen LogP contribution in [-0.2, 0) is 0 Å². The normalized spacial score (nSPS) is 21.8. The van der Waals surface area contributed by atoms with E-state index in [-0.39, 0.29) is 0 Å². The van der Waals surface area contributed by atoms with Crippen molar-refractivity contribution in [2.24, 2.45) is 11.8 Å². The van der Waals surface area contributed by atoms with Crippen LogP contribution in [0, 0.1) is 11.8 Å². The van der Waals surface area contributed by atoms with Crippen LogP contribution in [0.4, 0.5) is 0 Å². The van der Waals surface area contributed by atoms with Crippen molar-refractivity contribution >= 4 is 0 Å². The molecular formula is C10H20O. The Morgan fingerprint density at radius 2 is 2.00 bits per heavy atom. The van der Waals surface area contributed by atoms with E-state index in [0.717, 1.165) is 18.3 Å². The molecule has 0 bridgehead atoms. The Bertz CT molecular complexity index is 119. The second-order valence-corrected chi connectivity index (χ2v) is 4.67. The lowest BCUT2D eigenvalue weighted by Crippen LogP contribution is -2.19. The van der Waals surface area contributed by atoms with Gasteiger partial charge in [-0.3, -0.25) is 0 Å². The minimum absolute atomic E-state index is 0.455. The monoisotopic (exact) mass is 156 g/mol. The fourth-order valence-corrected chi connectivity index (χ4v) is 1.48. The van der Waals surface area contributed by atoms with Gasteiger partial charge in [-0.05, 0) is 51.4 Å². The Morgan fingerprint density at radius 3 is 2.36 bits per heavy atom. The lowest BCUT2D eigenvalue weighted by molar-refractivity contribution is 0.0633. The van der Waals surface area contributed by atoms with E-state index in [1.54, 1.807) is 0 Å². The van der Waals surface area contributed by atoms with Gasteiger partial charge in [-0.25, -0.2) is 0 Å². The van der Waals surface area contributed by atoms with E-state index in [0.29, 0.717) is 0 Å². The Kier molecular flexibility index (Phi) is 2.58. The molecule has 0 aromatic carbocycles. The van der Waals surface area contributed by atoms with E-state index in [1.165, 1.54) is 19.3 Å². The minimum atomic E-state index is -0.455. The molecule has 0 aromatic rings. The number of hydrogen-bond acceptors (Lipinski definition) is 1. The summed E-state index contributed by atoms with van der Waals surface area (Å²) in [4.78, 5) is 0. The van der Waals surface area contributed by atoms with Gasteiger partial charge in [0, 0.05) is 0 Å². The van der Waals surface area contributed by atoms with E-state index >= 15 is 0 Å². The standard InChI is InChI=1S/C10H20O/c1-8(9-4-5-9)6-7-10(2,3)11/h8-9,11H,4-7H2,1-3H3. The molecule has 0 heterocycles. The molecule has 0 saturated heterocycles. The van der Waals surface area contributed by atoms with Crippen LogP contribution in [0.1, 0.15) is 46.5 Å². The Balaban J connectivity index is 2.10. The molecule has 1 unspecified atom stereocenters. The van der Waals surface area contributed by atoms with Gasteiger partial charge in [0.25, 0.3) is 0 Å². The predicted octanol–water partition coefficient (Wildman–Crippen LogP) is 2.58. The lowest BCUT2D eigenvalue weighted by atomic mass is 9.93. The quantitative estimate of drug-likeness (QED) is 0.663. The third-order valence-corrected chi connectivity index (χ3v) is 2.64. The molecule has 11 heavy (non-hydrogen) atoms. The third-order valence-electron chi connectivity index (χ3n) is 2.64. The van der Waals surface area contributed by atoms with E-state index in [9.17, 15) is 5.11 Å². The first-order valence-corrected chi connectivity index (χ1v) is 4.71. The van der Waals surface area contributed by atoms with E-state index in [2.05, 4.69) is 6.92 Å². The van der Waals surface area contributed by atoms with Crippen LogP contribution in [0.5, 0.6) is 0 Å². The lowest BCUT2D eigenvalue weighted by Gasteiger charge is -2.19. The average molecular weight is 156 g/mol. The highest BCUT2D eigenvalue weighted by Gasteiger charge is 2.28. The molecule has 1 N–H and O–H groups in total. The van der Waals surface area contributed by atoms with Gasteiger partial charge in [0.05, 0.1) is 5.60 Å². The van der Waals surface area contributed by atoms with Crippen molar-refractivity contribution in [2.75, 3.05) is 0 Å². The van der Waals surface area contributed by atoms with Gasteiger partial charge in [-0.1, -0.05) is 6.92 Å². The largest absolute Gasteiger partial charge is 0.390 e. The molecule has 0 radical (unpaired) electrons. The number of rotatable bonds is 4. The number of aliphatic hydroxyl groups is 1. The first kappa shape index (κ1) is 9.05. The van der Waals surface area contributed by atoms with Gasteiger partial charge >= 0.3 is 0 Å². The zero-order valence-corrected chi connectivity index (χ0v) is 7.93. The summed E-state index contributed by atoms with van der Waals surface area (Å²) in [6.07, 6.45) is 4.99. The van der Waals surface area contributed by atoms with Crippen LogP contribution in [0.15, 0.2) is 0 Å². The SMILES string of the molecule is CC(CCC(C)(C)O)C1CC1. The van der Waals surface area contributed by atoms with Crippen LogP contribution in [-0.4, -0.2) is 10.7 Å². The highest BCUT2D eigenvalue weighted by atomic mass is 16.3. The summed E-state index contributed by atoms with van der Waals surface area (Å²) in [5, 5.41) is 9.47. The fourth-order valence-electron chi connectivity index (χ4n) is 1.48. The molecule has 1 aliphatic carbocycles. The van der Waals surface area contributed by atoms with Crippen molar-refractivity contribution in [3.63, 3.8) is 0 Å². The van der Waals surface area contributed by atoms with Crippen LogP contribution in [0.3, 0.4) is 0 Å². The van der Waals surface area contributed by atoms with Crippen LogP contribution < -0.4 is 0 Å². The van der Waals surface area contributed by atoms with Gasteiger partial charge in [0.2, 0.25) is 0 Å². The Labute approximate surface area is 69.8 Å². The fraction of sp³-hybridized carbons (Fsp3) is 1.00. The minimum Gasteiger partial charge on any atom is -0.390 e. The smallest absolute Gasteiger partial charge is 0.0591 e. The molecule has 1 fully saturated rings. The molecule has 1 aliphatic rings. The highest BCUT2D eigenvalue weighted by Crippen LogP contribution is 2.39. The average Bonchev–Trinajstić information content (AvgIpc) is 2.61. The zero-order chi connectivity index (χ0) is 8.48. The first-order valence-electron chi connectivity index (χ1n) is 4.71. The van der Waals surface area contributed by atoms with Gasteiger partial charge < -0.3 is 5.11 Å². The summed E-state index contributed by atoms with van der Waals surface area (Å²) < 4.78 is 0. The van der Waals surface area contributed by atoms with Crippen molar-refractivity contribution in [1.82, 2.24) is 0 Å². The predicted molar refractivity (Wildman–Crippen MR) is 47.4 cm³/mol. The van der Waals surface area contributed by atoms with Crippen LogP contribution in [0.25, 0.3) is 0 Å². The Hall–Kier alpha value is -0.0400. The summed E-state index contributed by atoms with van der Waals surface area (Å²) >= 11 is 0. The molecule has 1 rings (SSSR count). The maximum absolute atomic E-state index is 9.47. The summed E-state index contributed by atoms with van der Waals surface area (Å²) in [6.45, 7) is 6.10. The molecule has 66 valence electrons. The maximum Gasteiger partial charge on any atom is 0.0591 e. The van der Waals surface area contributed by atoms with Crippen molar-refractivity contribution in [2.45, 2.75) is 52.1 Å². The molecule has 0 amide bonds. The Morgan fingerprint density at radius 1 is 1.45 bits per heavy atom. The second kappa shape index (κ2) is 3.14. The molecule has 1 heteroatoms. The zero-order valence-electron chi connectivity index (χ0n) is 7.93. The first-order chi connectivity index (χ1) is 4.99. The van der Waals surface area contributed by atoms with Crippen LogP contribution >= 0.6 is 0 Å². The van der Waals surface area contributed by atoms with E-state index < -0.39 is 5.60 Å².